The summed E-state index contributed by atoms with van der Waals surface area (Å²) in [4.78, 5) is 0. The van der Waals surface area contributed by atoms with Gasteiger partial charge in [-0.3, -0.25) is 0 Å². The van der Waals surface area contributed by atoms with Gasteiger partial charge >= 0.3 is 0 Å². The van der Waals surface area contributed by atoms with Crippen molar-refractivity contribution in [2.24, 2.45) is 5.92 Å². The molecule has 2 atom stereocenters. The Kier molecular flexibility index (Phi) is 6.28. The average molecular weight is 233 g/mol. The maximum Gasteiger partial charge on any atom is 0.0322 e. The predicted molar refractivity (Wildman–Crippen MR) is 76.1 cm³/mol. The largest absolute Gasteiger partial charge is 0.307 e. The molecule has 0 fully saturated rings. The lowest BCUT2D eigenvalue weighted by molar-refractivity contribution is 0.359. The number of hydrogen-bond donors (Lipinski definition) is 1. The van der Waals surface area contributed by atoms with Crippen molar-refractivity contribution >= 4 is 0 Å². The Morgan fingerprint density at radius 1 is 1.06 bits per heavy atom. The molecule has 0 amide bonds. The molecule has 1 heteroatoms. The Morgan fingerprint density at radius 3 is 2.24 bits per heavy atom. The Labute approximate surface area is 107 Å². The molecular formula is C16H27N. The van der Waals surface area contributed by atoms with E-state index in [0.29, 0.717) is 18.0 Å². The van der Waals surface area contributed by atoms with Gasteiger partial charge in [-0.1, -0.05) is 63.9 Å². The summed E-state index contributed by atoms with van der Waals surface area (Å²) in [5.74, 6) is 0.683. The SMILES string of the molecule is CCCCC(NC(C)C(C)C)c1ccccc1. The highest BCUT2D eigenvalue weighted by molar-refractivity contribution is 5.19. The summed E-state index contributed by atoms with van der Waals surface area (Å²) < 4.78 is 0. The molecule has 1 aromatic carbocycles. The Bertz CT molecular complexity index is 292. The molecule has 1 aromatic rings. The van der Waals surface area contributed by atoms with Crippen LogP contribution in [0.2, 0.25) is 0 Å². The van der Waals surface area contributed by atoms with Crippen molar-refractivity contribution in [3.63, 3.8) is 0 Å². The number of rotatable bonds is 7. The van der Waals surface area contributed by atoms with Crippen LogP contribution in [0.15, 0.2) is 30.3 Å². The first-order valence-corrected chi connectivity index (χ1v) is 6.96. The van der Waals surface area contributed by atoms with Crippen LogP contribution in [-0.2, 0) is 0 Å². The van der Waals surface area contributed by atoms with Crippen molar-refractivity contribution in [3.8, 4) is 0 Å². The predicted octanol–water partition coefficient (Wildman–Crippen LogP) is 4.55. The summed E-state index contributed by atoms with van der Waals surface area (Å²) in [6.45, 7) is 9.10. The standard InChI is InChI=1S/C16H27N/c1-5-6-12-16(17-14(4)13(2)3)15-10-8-7-9-11-15/h7-11,13-14,16-17H,5-6,12H2,1-4H3. The Balaban J connectivity index is 2.67. The zero-order chi connectivity index (χ0) is 12.7. The third-order valence-corrected chi connectivity index (χ3v) is 3.51. The smallest absolute Gasteiger partial charge is 0.0322 e. The second-order valence-electron chi connectivity index (χ2n) is 5.30. The summed E-state index contributed by atoms with van der Waals surface area (Å²) >= 11 is 0. The molecule has 1 N–H and O–H groups in total. The summed E-state index contributed by atoms with van der Waals surface area (Å²) in [6.07, 6.45) is 3.79. The Morgan fingerprint density at radius 2 is 1.71 bits per heavy atom. The molecule has 96 valence electrons. The van der Waals surface area contributed by atoms with Crippen LogP contribution in [0.25, 0.3) is 0 Å². The van der Waals surface area contributed by atoms with E-state index in [2.05, 4.69) is 63.3 Å². The maximum atomic E-state index is 3.77. The molecule has 0 aliphatic heterocycles. The molecule has 0 aromatic heterocycles. The molecule has 0 radical (unpaired) electrons. The maximum absolute atomic E-state index is 3.77. The van der Waals surface area contributed by atoms with Crippen LogP contribution in [0.4, 0.5) is 0 Å². The van der Waals surface area contributed by atoms with Gasteiger partial charge in [0.1, 0.15) is 0 Å². The summed E-state index contributed by atoms with van der Waals surface area (Å²) in [5.41, 5.74) is 1.42. The average Bonchev–Trinajstić information content (AvgIpc) is 2.35. The van der Waals surface area contributed by atoms with Crippen LogP contribution in [0.3, 0.4) is 0 Å². The number of benzene rings is 1. The van der Waals surface area contributed by atoms with Crippen molar-refractivity contribution < 1.29 is 0 Å². The number of hydrogen-bond acceptors (Lipinski definition) is 1. The number of unbranched alkanes of at least 4 members (excludes halogenated alkanes) is 1. The van der Waals surface area contributed by atoms with Gasteiger partial charge in [-0.05, 0) is 24.8 Å². The van der Waals surface area contributed by atoms with Crippen LogP contribution in [-0.4, -0.2) is 6.04 Å². The van der Waals surface area contributed by atoms with E-state index >= 15 is 0 Å². The lowest BCUT2D eigenvalue weighted by Gasteiger charge is -2.26. The van der Waals surface area contributed by atoms with Gasteiger partial charge in [-0.25, -0.2) is 0 Å². The summed E-state index contributed by atoms with van der Waals surface area (Å²) in [5, 5.41) is 3.77. The van der Waals surface area contributed by atoms with Gasteiger partial charge in [0.25, 0.3) is 0 Å². The normalized spacial score (nSPS) is 14.9. The highest BCUT2D eigenvalue weighted by Crippen LogP contribution is 2.21. The van der Waals surface area contributed by atoms with E-state index in [0.717, 1.165) is 0 Å². The molecule has 17 heavy (non-hydrogen) atoms. The molecule has 2 unspecified atom stereocenters. The van der Waals surface area contributed by atoms with Crippen LogP contribution in [0.1, 0.15) is 58.6 Å². The highest BCUT2D eigenvalue weighted by atomic mass is 14.9. The first kappa shape index (κ1) is 14.2. The van der Waals surface area contributed by atoms with E-state index in [1.807, 2.05) is 0 Å². The molecule has 0 saturated carbocycles. The fourth-order valence-electron chi connectivity index (χ4n) is 1.95. The van der Waals surface area contributed by atoms with Gasteiger partial charge in [0.2, 0.25) is 0 Å². The monoisotopic (exact) mass is 233 g/mol. The van der Waals surface area contributed by atoms with Gasteiger partial charge in [-0.2, -0.15) is 0 Å². The van der Waals surface area contributed by atoms with Crippen molar-refractivity contribution in [1.82, 2.24) is 5.32 Å². The first-order valence-electron chi connectivity index (χ1n) is 6.96. The van der Waals surface area contributed by atoms with Crippen molar-refractivity contribution in [2.45, 2.75) is 59.0 Å². The molecule has 1 rings (SSSR count). The van der Waals surface area contributed by atoms with Gasteiger partial charge in [0.15, 0.2) is 0 Å². The molecule has 0 saturated heterocycles. The minimum atomic E-state index is 0.508. The molecule has 0 bridgehead atoms. The van der Waals surface area contributed by atoms with E-state index in [-0.39, 0.29) is 0 Å². The fourth-order valence-corrected chi connectivity index (χ4v) is 1.95. The van der Waals surface area contributed by atoms with E-state index < -0.39 is 0 Å². The van der Waals surface area contributed by atoms with E-state index in [1.165, 1.54) is 24.8 Å². The van der Waals surface area contributed by atoms with Crippen LogP contribution >= 0.6 is 0 Å². The molecule has 1 nitrogen and oxygen atoms in total. The third-order valence-electron chi connectivity index (χ3n) is 3.51. The summed E-state index contributed by atoms with van der Waals surface area (Å²) in [6, 6.07) is 11.9. The van der Waals surface area contributed by atoms with Gasteiger partial charge < -0.3 is 5.32 Å². The fraction of sp³-hybridized carbons (Fsp3) is 0.625. The van der Waals surface area contributed by atoms with E-state index in [9.17, 15) is 0 Å². The van der Waals surface area contributed by atoms with Crippen molar-refractivity contribution in [3.05, 3.63) is 35.9 Å². The quantitative estimate of drug-likeness (QED) is 0.728. The number of nitrogens with one attached hydrogen (secondary N) is 1. The van der Waals surface area contributed by atoms with Crippen LogP contribution in [0, 0.1) is 5.92 Å². The van der Waals surface area contributed by atoms with Gasteiger partial charge in [0.05, 0.1) is 0 Å². The van der Waals surface area contributed by atoms with Crippen LogP contribution < -0.4 is 5.32 Å². The summed E-state index contributed by atoms with van der Waals surface area (Å²) in [7, 11) is 0. The molecular weight excluding hydrogens is 206 g/mol. The van der Waals surface area contributed by atoms with Crippen LogP contribution in [0.5, 0.6) is 0 Å². The molecule has 0 heterocycles. The van der Waals surface area contributed by atoms with E-state index in [4.69, 9.17) is 0 Å². The molecule has 0 aliphatic carbocycles. The zero-order valence-electron chi connectivity index (χ0n) is 11.7. The topological polar surface area (TPSA) is 12.0 Å². The molecule has 0 spiro atoms. The highest BCUT2D eigenvalue weighted by Gasteiger charge is 2.15. The minimum Gasteiger partial charge on any atom is -0.307 e. The second-order valence-corrected chi connectivity index (χ2v) is 5.30. The van der Waals surface area contributed by atoms with Crippen molar-refractivity contribution in [1.29, 1.82) is 0 Å². The van der Waals surface area contributed by atoms with Crippen molar-refractivity contribution in [2.75, 3.05) is 0 Å². The first-order chi connectivity index (χ1) is 8.15. The second kappa shape index (κ2) is 7.50. The van der Waals surface area contributed by atoms with Gasteiger partial charge in [0, 0.05) is 12.1 Å². The van der Waals surface area contributed by atoms with Gasteiger partial charge in [-0.15, -0.1) is 0 Å². The minimum absolute atomic E-state index is 0.508. The third kappa shape index (κ3) is 4.91. The lowest BCUT2D eigenvalue weighted by Crippen LogP contribution is -2.34. The van der Waals surface area contributed by atoms with E-state index in [1.54, 1.807) is 0 Å². The zero-order valence-corrected chi connectivity index (χ0v) is 11.7. The Hall–Kier alpha value is -0.820. The molecule has 0 aliphatic rings. The lowest BCUT2D eigenvalue weighted by atomic mass is 9.98.